The number of aromatic hydroxyl groups is 1. The predicted octanol–water partition coefficient (Wildman–Crippen LogP) is 2.45. The quantitative estimate of drug-likeness (QED) is 0.499. The minimum absolute atomic E-state index is 0.0286. The number of ether oxygens (including phenoxy) is 1. The monoisotopic (exact) mass is 364 g/mol. The van der Waals surface area contributed by atoms with Gasteiger partial charge in [0, 0.05) is 0 Å². The summed E-state index contributed by atoms with van der Waals surface area (Å²) < 4.78 is 16.1. The Morgan fingerprint density at radius 3 is 2.04 bits per heavy atom. The molecule has 1 aliphatic rings. The van der Waals surface area contributed by atoms with Gasteiger partial charge < -0.3 is 23.8 Å². The molecule has 3 heterocycles. The van der Waals surface area contributed by atoms with Crippen molar-refractivity contribution in [3.63, 3.8) is 0 Å². The maximum absolute atomic E-state index is 12.6. The highest BCUT2D eigenvalue weighted by Gasteiger charge is 2.43. The van der Waals surface area contributed by atoms with E-state index >= 15 is 0 Å². The third-order valence-electron chi connectivity index (χ3n) is 4.76. The van der Waals surface area contributed by atoms with Crippen LogP contribution >= 0.6 is 0 Å². The predicted molar refractivity (Wildman–Crippen MR) is 95.1 cm³/mol. The van der Waals surface area contributed by atoms with Crippen LogP contribution in [0.15, 0.2) is 67.0 Å². The minimum Gasteiger partial charge on any atom is -0.507 e. The molecule has 2 N–H and O–H groups in total. The first-order chi connectivity index (χ1) is 13.1. The molecular weight excluding hydrogens is 352 g/mol. The van der Waals surface area contributed by atoms with Crippen molar-refractivity contribution in [1.29, 1.82) is 0 Å². The highest BCUT2D eigenvalue weighted by molar-refractivity contribution is 5.87. The van der Waals surface area contributed by atoms with Crippen LogP contribution in [0, 0.1) is 0 Å². The van der Waals surface area contributed by atoms with Gasteiger partial charge in [0.15, 0.2) is 0 Å². The molecule has 0 amide bonds. The van der Waals surface area contributed by atoms with Gasteiger partial charge in [0.25, 0.3) is 0 Å². The third kappa shape index (κ3) is 2.12. The molecule has 0 radical (unpaired) electrons. The van der Waals surface area contributed by atoms with Crippen molar-refractivity contribution >= 4 is 21.9 Å². The highest BCUT2D eigenvalue weighted by atomic mass is 16.6. The Kier molecular flexibility index (Phi) is 3.16. The number of rotatable bonds is 1. The zero-order valence-electron chi connectivity index (χ0n) is 13.7. The summed E-state index contributed by atoms with van der Waals surface area (Å²) in [4.78, 5) is 25.1. The molecule has 134 valence electrons. The van der Waals surface area contributed by atoms with Crippen molar-refractivity contribution in [3.8, 4) is 11.5 Å². The van der Waals surface area contributed by atoms with Crippen molar-refractivity contribution in [1.82, 2.24) is 0 Å². The van der Waals surface area contributed by atoms with Crippen molar-refractivity contribution < 1.29 is 23.8 Å². The smallest absolute Gasteiger partial charge is 0.344 e. The SMILES string of the molecule is O=c1oc2ccccc2c(O)c1C1c2c(c3ccccc3oc2=O)OC1O. The summed E-state index contributed by atoms with van der Waals surface area (Å²) in [5.41, 5.74) is -1.40. The van der Waals surface area contributed by atoms with E-state index in [1.54, 1.807) is 42.5 Å². The van der Waals surface area contributed by atoms with Gasteiger partial charge in [0.2, 0.25) is 6.29 Å². The summed E-state index contributed by atoms with van der Waals surface area (Å²) in [6, 6.07) is 13.1. The van der Waals surface area contributed by atoms with Crippen molar-refractivity contribution in [2.45, 2.75) is 12.2 Å². The molecule has 0 saturated heterocycles. The Morgan fingerprint density at radius 1 is 0.778 bits per heavy atom. The first-order valence-electron chi connectivity index (χ1n) is 8.21. The number of benzene rings is 2. The number of fused-ring (bicyclic) bond motifs is 4. The van der Waals surface area contributed by atoms with Gasteiger partial charge in [0.05, 0.1) is 27.8 Å². The van der Waals surface area contributed by atoms with Gasteiger partial charge in [-0.1, -0.05) is 24.3 Å². The van der Waals surface area contributed by atoms with Crippen LogP contribution in [-0.2, 0) is 0 Å². The van der Waals surface area contributed by atoms with Crippen molar-refractivity contribution in [3.05, 3.63) is 80.5 Å². The van der Waals surface area contributed by atoms with Crippen LogP contribution in [0.5, 0.6) is 11.5 Å². The lowest BCUT2D eigenvalue weighted by Gasteiger charge is -2.14. The van der Waals surface area contributed by atoms with E-state index in [9.17, 15) is 19.8 Å². The number of para-hydroxylation sites is 2. The van der Waals surface area contributed by atoms with Gasteiger partial charge >= 0.3 is 11.3 Å². The summed E-state index contributed by atoms with van der Waals surface area (Å²) in [5, 5.41) is 21.9. The van der Waals surface area contributed by atoms with Gasteiger partial charge in [-0.2, -0.15) is 0 Å². The van der Waals surface area contributed by atoms with Crippen LogP contribution in [0.4, 0.5) is 0 Å². The van der Waals surface area contributed by atoms with Gasteiger partial charge in [-0.15, -0.1) is 0 Å². The van der Waals surface area contributed by atoms with Crippen LogP contribution in [0.2, 0.25) is 0 Å². The number of aliphatic hydroxyl groups is 1. The van der Waals surface area contributed by atoms with E-state index in [-0.39, 0.29) is 33.6 Å². The summed E-state index contributed by atoms with van der Waals surface area (Å²) >= 11 is 0. The molecule has 7 nitrogen and oxygen atoms in total. The summed E-state index contributed by atoms with van der Waals surface area (Å²) in [5.74, 6) is -1.47. The molecule has 0 fully saturated rings. The maximum atomic E-state index is 12.6. The molecule has 2 unspecified atom stereocenters. The zero-order chi connectivity index (χ0) is 18.7. The van der Waals surface area contributed by atoms with Crippen LogP contribution in [-0.4, -0.2) is 16.5 Å². The molecule has 2 aromatic carbocycles. The minimum atomic E-state index is -1.55. The standard InChI is InChI=1S/C20H12O7/c21-16-9-5-1-3-7-11(9)25-19(23)14(16)13-15-17(27-18(13)22)10-6-2-4-8-12(10)26-20(15)24/h1-8,13,18,21-22H. The molecule has 0 spiro atoms. The Morgan fingerprint density at radius 2 is 1.33 bits per heavy atom. The average molecular weight is 364 g/mol. The fourth-order valence-electron chi connectivity index (χ4n) is 3.57. The molecule has 27 heavy (non-hydrogen) atoms. The van der Waals surface area contributed by atoms with Crippen LogP contribution in [0.1, 0.15) is 17.0 Å². The maximum Gasteiger partial charge on any atom is 0.344 e. The Labute approximate surface area is 150 Å². The summed E-state index contributed by atoms with van der Waals surface area (Å²) in [7, 11) is 0. The van der Waals surface area contributed by atoms with Gasteiger partial charge in [-0.05, 0) is 24.3 Å². The van der Waals surface area contributed by atoms with Gasteiger partial charge in [0.1, 0.15) is 22.7 Å². The number of aliphatic hydroxyl groups excluding tert-OH is 1. The fourth-order valence-corrected chi connectivity index (χ4v) is 3.57. The molecule has 0 saturated carbocycles. The second kappa shape index (κ2) is 5.46. The van der Waals surface area contributed by atoms with E-state index in [4.69, 9.17) is 13.6 Å². The molecule has 5 rings (SSSR count). The molecule has 1 aliphatic heterocycles. The van der Waals surface area contributed by atoms with E-state index in [2.05, 4.69) is 0 Å². The molecule has 0 bridgehead atoms. The van der Waals surface area contributed by atoms with E-state index in [0.717, 1.165) is 0 Å². The second-order valence-corrected chi connectivity index (χ2v) is 6.26. The first kappa shape index (κ1) is 15.7. The highest BCUT2D eigenvalue weighted by Crippen LogP contribution is 2.45. The molecule has 7 heteroatoms. The van der Waals surface area contributed by atoms with E-state index in [1.807, 2.05) is 0 Å². The lowest BCUT2D eigenvalue weighted by atomic mass is 9.92. The molecule has 2 aromatic heterocycles. The topological polar surface area (TPSA) is 110 Å². The third-order valence-corrected chi connectivity index (χ3v) is 4.76. The number of hydrogen-bond donors (Lipinski definition) is 2. The normalized spacial score (nSPS) is 18.6. The van der Waals surface area contributed by atoms with E-state index in [0.29, 0.717) is 11.0 Å². The van der Waals surface area contributed by atoms with Crippen LogP contribution in [0.25, 0.3) is 21.9 Å². The Bertz CT molecular complexity index is 1330. The van der Waals surface area contributed by atoms with Crippen molar-refractivity contribution in [2.24, 2.45) is 0 Å². The lowest BCUT2D eigenvalue weighted by Crippen LogP contribution is -2.26. The summed E-state index contributed by atoms with van der Waals surface area (Å²) in [6.07, 6.45) is -1.55. The van der Waals surface area contributed by atoms with Gasteiger partial charge in [-0.3, -0.25) is 0 Å². The zero-order valence-corrected chi connectivity index (χ0v) is 13.7. The van der Waals surface area contributed by atoms with E-state index in [1.165, 1.54) is 6.07 Å². The second-order valence-electron chi connectivity index (χ2n) is 6.26. The largest absolute Gasteiger partial charge is 0.507 e. The lowest BCUT2D eigenvalue weighted by molar-refractivity contribution is -0.00987. The van der Waals surface area contributed by atoms with Crippen LogP contribution in [0.3, 0.4) is 0 Å². The van der Waals surface area contributed by atoms with E-state index < -0.39 is 23.5 Å². The van der Waals surface area contributed by atoms with Gasteiger partial charge in [-0.25, -0.2) is 9.59 Å². The Hall–Kier alpha value is -3.58. The summed E-state index contributed by atoms with van der Waals surface area (Å²) in [6.45, 7) is 0. The Balaban J connectivity index is 1.85. The first-order valence-corrected chi connectivity index (χ1v) is 8.21. The number of hydrogen-bond acceptors (Lipinski definition) is 7. The van der Waals surface area contributed by atoms with Crippen LogP contribution < -0.4 is 16.0 Å². The molecule has 4 aromatic rings. The molecular formula is C20H12O7. The average Bonchev–Trinajstić information content (AvgIpc) is 3.00. The van der Waals surface area contributed by atoms with Crippen molar-refractivity contribution in [2.75, 3.05) is 0 Å². The fraction of sp³-hybridized carbons (Fsp3) is 0.100. The molecule has 2 atom stereocenters. The molecule has 0 aliphatic carbocycles.